The average molecular weight is 264 g/mol. The van der Waals surface area contributed by atoms with Gasteiger partial charge in [0.25, 0.3) is 0 Å². The molecule has 4 heteroatoms. The summed E-state index contributed by atoms with van der Waals surface area (Å²) in [5.41, 5.74) is 3.13. The topological polar surface area (TPSA) is 29.9 Å². The summed E-state index contributed by atoms with van der Waals surface area (Å²) in [5, 5.41) is 8.49. The third-order valence-electron chi connectivity index (χ3n) is 2.98. The van der Waals surface area contributed by atoms with Crippen molar-refractivity contribution in [3.63, 3.8) is 0 Å². The summed E-state index contributed by atoms with van der Waals surface area (Å²) >= 11 is 6.04. The van der Waals surface area contributed by atoms with Gasteiger partial charge < -0.3 is 5.32 Å². The normalized spacial score (nSPS) is 12.7. The Morgan fingerprint density at radius 1 is 1.44 bits per heavy atom. The quantitative estimate of drug-likeness (QED) is 0.915. The lowest BCUT2D eigenvalue weighted by molar-refractivity contribution is 0.597. The lowest BCUT2D eigenvalue weighted by Crippen LogP contribution is -2.17. The third-order valence-corrected chi connectivity index (χ3v) is 3.36. The second-order valence-corrected chi connectivity index (χ2v) is 4.79. The molecule has 0 aliphatic heterocycles. The molecule has 1 aromatic carbocycles. The molecule has 1 aromatic heterocycles. The number of nitrogens with one attached hydrogen (secondary N) is 1. The van der Waals surface area contributed by atoms with Crippen LogP contribution in [0, 0.1) is 6.92 Å². The van der Waals surface area contributed by atoms with Gasteiger partial charge in [-0.05, 0) is 38.1 Å². The van der Waals surface area contributed by atoms with Crippen LogP contribution in [0.1, 0.15) is 31.1 Å². The largest absolute Gasteiger partial charge is 0.310 e. The molecule has 0 saturated carbocycles. The van der Waals surface area contributed by atoms with Crippen molar-refractivity contribution in [1.82, 2.24) is 15.1 Å². The molecule has 0 spiro atoms. The van der Waals surface area contributed by atoms with Crippen molar-refractivity contribution in [2.75, 3.05) is 6.54 Å². The summed E-state index contributed by atoms with van der Waals surface area (Å²) in [6, 6.07) is 8.67. The summed E-state index contributed by atoms with van der Waals surface area (Å²) < 4.78 is 1.82. The Morgan fingerprint density at radius 2 is 2.22 bits per heavy atom. The highest BCUT2D eigenvalue weighted by atomic mass is 35.5. The lowest BCUT2D eigenvalue weighted by Gasteiger charge is -2.13. The van der Waals surface area contributed by atoms with E-state index in [1.165, 1.54) is 5.56 Å². The first-order chi connectivity index (χ1) is 8.61. The van der Waals surface area contributed by atoms with E-state index < -0.39 is 0 Å². The van der Waals surface area contributed by atoms with Crippen LogP contribution in [0.5, 0.6) is 0 Å². The van der Waals surface area contributed by atoms with E-state index in [0.717, 1.165) is 17.9 Å². The number of aryl methyl sites for hydroxylation is 1. The molecule has 0 amide bonds. The predicted molar refractivity (Wildman–Crippen MR) is 75.4 cm³/mol. The molecule has 0 aliphatic rings. The zero-order valence-electron chi connectivity index (χ0n) is 10.9. The van der Waals surface area contributed by atoms with E-state index in [2.05, 4.69) is 36.4 Å². The molecule has 0 saturated heterocycles. The zero-order valence-corrected chi connectivity index (χ0v) is 11.7. The first-order valence-electron chi connectivity index (χ1n) is 6.17. The van der Waals surface area contributed by atoms with Gasteiger partial charge in [-0.1, -0.05) is 30.7 Å². The molecule has 2 aromatic rings. The molecular weight excluding hydrogens is 246 g/mol. The average Bonchev–Trinajstić information content (AvgIpc) is 2.70. The van der Waals surface area contributed by atoms with Crippen molar-refractivity contribution in [3.8, 4) is 5.69 Å². The zero-order chi connectivity index (χ0) is 13.1. The lowest BCUT2D eigenvalue weighted by atomic mass is 10.1. The van der Waals surface area contributed by atoms with Gasteiger partial charge in [0, 0.05) is 12.2 Å². The fourth-order valence-electron chi connectivity index (χ4n) is 1.93. The SMILES string of the molecule is CCNC(C)c1cccc(-n2cc(Cl)c(C)n2)c1. The maximum Gasteiger partial charge on any atom is 0.0819 e. The molecule has 3 nitrogen and oxygen atoms in total. The van der Waals surface area contributed by atoms with Crippen molar-refractivity contribution < 1.29 is 0 Å². The van der Waals surface area contributed by atoms with E-state index in [1.54, 1.807) is 0 Å². The first kappa shape index (κ1) is 13.1. The Labute approximate surface area is 113 Å². The van der Waals surface area contributed by atoms with Crippen molar-refractivity contribution in [1.29, 1.82) is 0 Å². The molecule has 1 atom stereocenters. The van der Waals surface area contributed by atoms with E-state index in [9.17, 15) is 0 Å². The minimum absolute atomic E-state index is 0.335. The van der Waals surface area contributed by atoms with Crippen LogP contribution in [0.2, 0.25) is 5.02 Å². The number of aromatic nitrogens is 2. The molecule has 96 valence electrons. The van der Waals surface area contributed by atoms with Crippen LogP contribution in [-0.4, -0.2) is 16.3 Å². The molecule has 0 aliphatic carbocycles. The molecule has 0 fully saturated rings. The highest BCUT2D eigenvalue weighted by Gasteiger charge is 2.07. The second-order valence-electron chi connectivity index (χ2n) is 4.38. The van der Waals surface area contributed by atoms with Crippen LogP contribution < -0.4 is 5.32 Å². The van der Waals surface area contributed by atoms with Crippen molar-refractivity contribution in [2.24, 2.45) is 0 Å². The number of halogens is 1. The van der Waals surface area contributed by atoms with Gasteiger partial charge in [-0.2, -0.15) is 5.10 Å². The van der Waals surface area contributed by atoms with Crippen LogP contribution in [0.15, 0.2) is 30.5 Å². The van der Waals surface area contributed by atoms with Gasteiger partial charge in [0.1, 0.15) is 0 Å². The number of nitrogens with zero attached hydrogens (tertiary/aromatic N) is 2. The standard InChI is InChI=1S/C14H18ClN3/c1-4-16-10(2)12-6-5-7-13(8-12)18-9-14(15)11(3)17-18/h5-10,16H,4H2,1-3H3. The molecular formula is C14H18ClN3. The first-order valence-corrected chi connectivity index (χ1v) is 6.55. The number of hydrogen-bond donors (Lipinski definition) is 1. The van der Waals surface area contributed by atoms with Gasteiger partial charge in [0.2, 0.25) is 0 Å². The van der Waals surface area contributed by atoms with Crippen molar-refractivity contribution >= 4 is 11.6 Å². The fourth-order valence-corrected chi connectivity index (χ4v) is 2.06. The Morgan fingerprint density at radius 3 is 2.83 bits per heavy atom. The maximum absolute atomic E-state index is 6.04. The van der Waals surface area contributed by atoms with Gasteiger partial charge in [0.15, 0.2) is 0 Å². The van der Waals surface area contributed by atoms with Gasteiger partial charge in [-0.25, -0.2) is 4.68 Å². The Hall–Kier alpha value is -1.32. The van der Waals surface area contributed by atoms with Crippen LogP contribution >= 0.6 is 11.6 Å². The molecule has 1 unspecified atom stereocenters. The summed E-state index contributed by atoms with van der Waals surface area (Å²) in [7, 11) is 0. The Bertz CT molecular complexity index is 514. The minimum atomic E-state index is 0.335. The molecule has 1 heterocycles. The maximum atomic E-state index is 6.04. The van der Waals surface area contributed by atoms with Gasteiger partial charge in [0.05, 0.1) is 16.4 Å². The third kappa shape index (κ3) is 2.74. The van der Waals surface area contributed by atoms with Gasteiger partial charge in [-0.15, -0.1) is 0 Å². The van der Waals surface area contributed by atoms with Crippen molar-refractivity contribution in [2.45, 2.75) is 26.8 Å². The smallest absolute Gasteiger partial charge is 0.0819 e. The summed E-state index contributed by atoms with van der Waals surface area (Å²) in [6.45, 7) is 7.13. The van der Waals surface area contributed by atoms with E-state index >= 15 is 0 Å². The summed E-state index contributed by atoms with van der Waals surface area (Å²) in [4.78, 5) is 0. The molecule has 18 heavy (non-hydrogen) atoms. The monoisotopic (exact) mass is 263 g/mol. The number of hydrogen-bond acceptors (Lipinski definition) is 2. The van der Waals surface area contributed by atoms with Crippen LogP contribution in [-0.2, 0) is 0 Å². The Kier molecular flexibility index (Phi) is 4.04. The highest BCUT2D eigenvalue weighted by molar-refractivity contribution is 6.31. The van der Waals surface area contributed by atoms with E-state index in [0.29, 0.717) is 11.1 Å². The van der Waals surface area contributed by atoms with Gasteiger partial charge >= 0.3 is 0 Å². The predicted octanol–water partition coefficient (Wildman–Crippen LogP) is 3.50. The summed E-state index contributed by atoms with van der Waals surface area (Å²) in [5.74, 6) is 0. The second kappa shape index (κ2) is 5.55. The number of benzene rings is 1. The van der Waals surface area contributed by atoms with Crippen LogP contribution in [0.3, 0.4) is 0 Å². The molecule has 2 rings (SSSR count). The molecule has 0 bridgehead atoms. The Balaban J connectivity index is 2.32. The van der Waals surface area contributed by atoms with E-state index in [4.69, 9.17) is 11.6 Å². The van der Waals surface area contributed by atoms with Crippen molar-refractivity contribution in [3.05, 3.63) is 46.7 Å². The fraction of sp³-hybridized carbons (Fsp3) is 0.357. The van der Waals surface area contributed by atoms with Crippen LogP contribution in [0.25, 0.3) is 5.69 Å². The van der Waals surface area contributed by atoms with E-state index in [1.807, 2.05) is 29.9 Å². The summed E-state index contributed by atoms with van der Waals surface area (Å²) in [6.07, 6.45) is 1.84. The van der Waals surface area contributed by atoms with E-state index in [-0.39, 0.29) is 0 Å². The molecule has 1 N–H and O–H groups in total. The van der Waals surface area contributed by atoms with Gasteiger partial charge in [-0.3, -0.25) is 0 Å². The minimum Gasteiger partial charge on any atom is -0.310 e. The van der Waals surface area contributed by atoms with Crippen LogP contribution in [0.4, 0.5) is 0 Å². The highest BCUT2D eigenvalue weighted by Crippen LogP contribution is 2.19. The number of rotatable bonds is 4. The molecule has 0 radical (unpaired) electrons.